The number of aliphatic imine (C=N–C) groups is 1. The Balaban J connectivity index is 1.47. The molecule has 5 heterocycles. The van der Waals surface area contributed by atoms with Gasteiger partial charge >= 0.3 is 0 Å². The van der Waals surface area contributed by atoms with Crippen LogP contribution in [-0.2, 0) is 9.47 Å². The molecule has 0 radical (unpaired) electrons. The molecule has 2 saturated heterocycles. The molecule has 0 N–H and O–H groups in total. The van der Waals surface area contributed by atoms with Crippen molar-refractivity contribution in [1.82, 2.24) is 15.0 Å². The van der Waals surface area contributed by atoms with E-state index in [4.69, 9.17) is 29.2 Å². The predicted octanol–water partition coefficient (Wildman–Crippen LogP) is 3.24. The number of rotatable bonds is 3. The maximum Gasteiger partial charge on any atom is 0.229 e. The Morgan fingerprint density at radius 1 is 0.882 bits per heavy atom. The third-order valence-corrected chi connectivity index (χ3v) is 6.59. The van der Waals surface area contributed by atoms with Crippen molar-refractivity contribution in [3.63, 3.8) is 0 Å². The van der Waals surface area contributed by atoms with Crippen LogP contribution >= 0.6 is 0 Å². The van der Waals surface area contributed by atoms with E-state index >= 15 is 0 Å². The molecule has 3 aliphatic heterocycles. The zero-order chi connectivity index (χ0) is 23.1. The quantitative estimate of drug-likeness (QED) is 0.589. The fourth-order valence-electron chi connectivity index (χ4n) is 4.72. The molecule has 3 aliphatic rings. The number of hydrogen-bond donors (Lipinski definition) is 0. The van der Waals surface area contributed by atoms with Crippen LogP contribution in [0.25, 0.3) is 22.3 Å². The van der Waals surface area contributed by atoms with E-state index in [2.05, 4.69) is 34.7 Å². The summed E-state index contributed by atoms with van der Waals surface area (Å²) < 4.78 is 17.0. The Bertz CT molecular complexity index is 1250. The van der Waals surface area contributed by atoms with Crippen LogP contribution in [0.3, 0.4) is 0 Å². The summed E-state index contributed by atoms with van der Waals surface area (Å²) in [5.74, 6) is 2.41. The summed E-state index contributed by atoms with van der Waals surface area (Å²) in [5.41, 5.74) is 3.33. The SMILES string of the molecule is C[C@H]1COCCN1c1nc(N2CCOC[C@@H]2C)c2ccc(-c3ccc4c(c3)N=CCO4)nc2n1. The highest BCUT2D eigenvalue weighted by Gasteiger charge is 2.27. The highest BCUT2D eigenvalue weighted by atomic mass is 16.5. The standard InChI is InChI=1S/C25H28N6O3/c1-16-14-32-11-8-30(16)24-19-4-5-20(18-3-6-22-21(13-18)26-7-10-34-22)27-23(19)28-25(29-24)31-9-12-33-15-17(31)2/h3-7,13,16-17H,8-12,14-15H2,1-2H3/t16-,17-/m0/s1. The Kier molecular flexibility index (Phi) is 5.50. The van der Waals surface area contributed by atoms with E-state index in [0.717, 1.165) is 47.0 Å². The molecule has 0 spiro atoms. The first-order valence-electron chi connectivity index (χ1n) is 11.8. The van der Waals surface area contributed by atoms with Gasteiger partial charge in [-0.3, -0.25) is 4.99 Å². The van der Waals surface area contributed by atoms with Gasteiger partial charge in [-0.05, 0) is 44.2 Å². The molecule has 0 bridgehead atoms. The molecule has 2 atom stereocenters. The first-order valence-corrected chi connectivity index (χ1v) is 11.8. The van der Waals surface area contributed by atoms with E-state index in [0.29, 0.717) is 44.6 Å². The van der Waals surface area contributed by atoms with Gasteiger partial charge in [-0.2, -0.15) is 9.97 Å². The van der Waals surface area contributed by atoms with Crippen molar-refractivity contribution in [2.45, 2.75) is 25.9 Å². The monoisotopic (exact) mass is 460 g/mol. The molecule has 9 heteroatoms. The number of fused-ring (bicyclic) bond motifs is 2. The lowest BCUT2D eigenvalue weighted by Crippen LogP contribution is -2.46. The summed E-state index contributed by atoms with van der Waals surface area (Å²) in [5, 5.41) is 0.946. The van der Waals surface area contributed by atoms with Crippen LogP contribution < -0.4 is 14.5 Å². The van der Waals surface area contributed by atoms with Crippen LogP contribution in [0.4, 0.5) is 17.5 Å². The molecule has 176 valence electrons. The summed E-state index contributed by atoms with van der Waals surface area (Å²) in [6.07, 6.45) is 1.78. The Hall–Kier alpha value is -3.30. The van der Waals surface area contributed by atoms with Gasteiger partial charge < -0.3 is 24.0 Å². The number of nitrogens with zero attached hydrogens (tertiary/aromatic N) is 6. The fraction of sp³-hybridized carbons (Fsp3) is 0.440. The molecule has 0 amide bonds. The second-order valence-electron chi connectivity index (χ2n) is 8.95. The van der Waals surface area contributed by atoms with E-state index < -0.39 is 0 Å². The fourth-order valence-corrected chi connectivity index (χ4v) is 4.72. The average molecular weight is 461 g/mol. The van der Waals surface area contributed by atoms with E-state index in [-0.39, 0.29) is 12.1 Å². The molecule has 2 fully saturated rings. The topological polar surface area (TPSA) is 85.2 Å². The maximum atomic E-state index is 5.68. The number of pyridine rings is 1. The van der Waals surface area contributed by atoms with Crippen molar-refractivity contribution >= 4 is 34.7 Å². The van der Waals surface area contributed by atoms with Gasteiger partial charge in [0.1, 0.15) is 23.9 Å². The molecule has 0 aliphatic carbocycles. The van der Waals surface area contributed by atoms with E-state index in [1.54, 1.807) is 6.21 Å². The van der Waals surface area contributed by atoms with Gasteiger partial charge in [-0.1, -0.05) is 0 Å². The summed E-state index contributed by atoms with van der Waals surface area (Å²) in [4.78, 5) is 24.0. The Morgan fingerprint density at radius 2 is 1.68 bits per heavy atom. The van der Waals surface area contributed by atoms with Crippen molar-refractivity contribution in [3.8, 4) is 17.0 Å². The van der Waals surface area contributed by atoms with Gasteiger partial charge in [-0.25, -0.2) is 4.98 Å². The molecule has 0 saturated carbocycles. The summed E-state index contributed by atoms with van der Waals surface area (Å²) in [6.45, 7) is 9.05. The van der Waals surface area contributed by atoms with Crippen LogP contribution in [0.5, 0.6) is 5.75 Å². The first kappa shape index (κ1) is 21.2. The zero-order valence-corrected chi connectivity index (χ0v) is 19.5. The van der Waals surface area contributed by atoms with Crippen molar-refractivity contribution in [2.24, 2.45) is 4.99 Å². The van der Waals surface area contributed by atoms with Crippen LogP contribution in [0.2, 0.25) is 0 Å². The summed E-state index contributed by atoms with van der Waals surface area (Å²) >= 11 is 0. The van der Waals surface area contributed by atoms with Gasteiger partial charge in [0.05, 0.1) is 49.6 Å². The highest BCUT2D eigenvalue weighted by Crippen LogP contribution is 2.35. The van der Waals surface area contributed by atoms with Crippen molar-refractivity contribution in [3.05, 3.63) is 30.3 Å². The van der Waals surface area contributed by atoms with Gasteiger partial charge in [0.15, 0.2) is 5.65 Å². The van der Waals surface area contributed by atoms with Crippen molar-refractivity contribution < 1.29 is 14.2 Å². The summed E-state index contributed by atoms with van der Waals surface area (Å²) in [6, 6.07) is 10.5. The minimum atomic E-state index is 0.197. The number of morpholine rings is 2. The number of aromatic nitrogens is 3. The molecule has 9 nitrogen and oxygen atoms in total. The smallest absolute Gasteiger partial charge is 0.229 e. The van der Waals surface area contributed by atoms with E-state index in [9.17, 15) is 0 Å². The molecule has 1 aromatic carbocycles. The average Bonchev–Trinajstić information content (AvgIpc) is 2.88. The normalized spacial score (nSPS) is 22.5. The van der Waals surface area contributed by atoms with Crippen LogP contribution in [0.15, 0.2) is 35.3 Å². The minimum absolute atomic E-state index is 0.197. The Labute approximate surface area is 198 Å². The lowest BCUT2D eigenvalue weighted by molar-refractivity contribution is 0.0973. The predicted molar refractivity (Wildman–Crippen MR) is 132 cm³/mol. The molecular formula is C25H28N6O3. The lowest BCUT2D eigenvalue weighted by atomic mass is 10.1. The van der Waals surface area contributed by atoms with Gasteiger partial charge in [0, 0.05) is 24.9 Å². The molecule has 3 aromatic rings. The lowest BCUT2D eigenvalue weighted by Gasteiger charge is -2.37. The van der Waals surface area contributed by atoms with Gasteiger partial charge in [0.2, 0.25) is 5.95 Å². The van der Waals surface area contributed by atoms with Gasteiger partial charge in [0.25, 0.3) is 0 Å². The Morgan fingerprint density at radius 3 is 2.47 bits per heavy atom. The minimum Gasteiger partial charge on any atom is -0.486 e. The van der Waals surface area contributed by atoms with Crippen molar-refractivity contribution in [2.75, 3.05) is 55.9 Å². The molecular weight excluding hydrogens is 432 g/mol. The second kappa shape index (κ2) is 8.81. The van der Waals surface area contributed by atoms with Crippen LogP contribution in [0.1, 0.15) is 13.8 Å². The first-order chi connectivity index (χ1) is 16.7. The van der Waals surface area contributed by atoms with E-state index in [1.165, 1.54) is 0 Å². The van der Waals surface area contributed by atoms with Crippen molar-refractivity contribution in [1.29, 1.82) is 0 Å². The summed E-state index contributed by atoms with van der Waals surface area (Å²) in [7, 11) is 0. The number of anilines is 2. The number of hydrogen-bond acceptors (Lipinski definition) is 9. The maximum absolute atomic E-state index is 5.68. The molecule has 34 heavy (non-hydrogen) atoms. The number of benzene rings is 1. The molecule has 2 aromatic heterocycles. The van der Waals surface area contributed by atoms with Crippen LogP contribution in [0, 0.1) is 0 Å². The highest BCUT2D eigenvalue weighted by molar-refractivity contribution is 5.90. The van der Waals surface area contributed by atoms with Gasteiger partial charge in [-0.15, -0.1) is 0 Å². The largest absolute Gasteiger partial charge is 0.486 e. The molecule has 6 rings (SSSR count). The van der Waals surface area contributed by atoms with E-state index in [1.807, 2.05) is 24.3 Å². The van der Waals surface area contributed by atoms with Crippen LogP contribution in [-0.4, -0.2) is 79.4 Å². The second-order valence-corrected chi connectivity index (χ2v) is 8.95. The third-order valence-electron chi connectivity index (χ3n) is 6.59. The molecule has 0 unspecified atom stereocenters. The number of ether oxygens (including phenoxy) is 3. The zero-order valence-electron chi connectivity index (χ0n) is 19.5. The third kappa shape index (κ3) is 3.84.